The maximum atomic E-state index is 12.7. The minimum atomic E-state index is 0.0433. The van der Waals surface area contributed by atoms with Gasteiger partial charge in [0.2, 0.25) is 11.8 Å². The molecular formula is C20H29N3O2. The number of carbonyl (C=O) groups excluding carboxylic acids is 2. The van der Waals surface area contributed by atoms with Gasteiger partial charge in [0.25, 0.3) is 0 Å². The van der Waals surface area contributed by atoms with Crippen molar-refractivity contribution in [3.63, 3.8) is 0 Å². The first-order chi connectivity index (χ1) is 12.1. The van der Waals surface area contributed by atoms with Gasteiger partial charge in [-0.2, -0.15) is 0 Å². The minimum Gasteiger partial charge on any atom is -0.340 e. The number of benzene rings is 1. The van der Waals surface area contributed by atoms with E-state index in [1.54, 1.807) is 4.90 Å². The van der Waals surface area contributed by atoms with Gasteiger partial charge in [-0.25, -0.2) is 0 Å². The van der Waals surface area contributed by atoms with Crippen LogP contribution in [0.15, 0.2) is 30.3 Å². The average molecular weight is 343 g/mol. The molecule has 1 aromatic rings. The predicted molar refractivity (Wildman–Crippen MR) is 99.4 cm³/mol. The van der Waals surface area contributed by atoms with Crippen LogP contribution in [-0.2, 0) is 9.59 Å². The number of nitrogens with zero attached hydrogens (tertiary/aromatic N) is 3. The lowest BCUT2D eigenvalue weighted by Gasteiger charge is -2.36. The second kappa shape index (κ2) is 8.00. The number of para-hydroxylation sites is 1. The zero-order chi connectivity index (χ0) is 17.8. The Balaban J connectivity index is 1.51. The van der Waals surface area contributed by atoms with E-state index in [0.29, 0.717) is 5.91 Å². The molecule has 1 saturated heterocycles. The summed E-state index contributed by atoms with van der Waals surface area (Å²) in [4.78, 5) is 31.5. The molecule has 2 amide bonds. The molecule has 0 radical (unpaired) electrons. The third kappa shape index (κ3) is 4.21. The summed E-state index contributed by atoms with van der Waals surface area (Å²) in [6.45, 7) is 3.60. The lowest BCUT2D eigenvalue weighted by Crippen LogP contribution is -2.49. The molecule has 1 aliphatic carbocycles. The molecule has 5 heteroatoms. The van der Waals surface area contributed by atoms with E-state index < -0.39 is 0 Å². The molecule has 0 unspecified atom stereocenters. The van der Waals surface area contributed by atoms with Gasteiger partial charge in [-0.05, 0) is 44.9 Å². The van der Waals surface area contributed by atoms with Crippen molar-refractivity contribution in [3.8, 4) is 0 Å². The largest absolute Gasteiger partial charge is 0.340 e. The Bertz CT molecular complexity index is 588. The second-order valence-corrected chi connectivity index (χ2v) is 7.41. The van der Waals surface area contributed by atoms with E-state index in [1.807, 2.05) is 42.3 Å². The molecule has 1 aromatic carbocycles. The first kappa shape index (κ1) is 17.9. The molecule has 5 nitrogen and oxygen atoms in total. The molecule has 25 heavy (non-hydrogen) atoms. The first-order valence-corrected chi connectivity index (χ1v) is 9.36. The van der Waals surface area contributed by atoms with Crippen LogP contribution in [0.5, 0.6) is 0 Å². The number of likely N-dealkylation sites (N-methyl/N-ethyl adjacent to an activating group) is 1. The van der Waals surface area contributed by atoms with Crippen molar-refractivity contribution in [1.82, 2.24) is 9.80 Å². The molecule has 2 fully saturated rings. The van der Waals surface area contributed by atoms with Crippen molar-refractivity contribution in [1.29, 1.82) is 0 Å². The number of amides is 2. The molecule has 136 valence electrons. The highest BCUT2D eigenvalue weighted by Gasteiger charge is 2.34. The Labute approximate surface area is 150 Å². The molecule has 1 heterocycles. The average Bonchev–Trinajstić information content (AvgIpc) is 2.67. The van der Waals surface area contributed by atoms with Crippen LogP contribution in [0.4, 0.5) is 5.69 Å². The third-order valence-electron chi connectivity index (χ3n) is 5.71. The van der Waals surface area contributed by atoms with Gasteiger partial charge in [0, 0.05) is 50.7 Å². The van der Waals surface area contributed by atoms with Gasteiger partial charge in [-0.1, -0.05) is 18.2 Å². The van der Waals surface area contributed by atoms with E-state index in [0.717, 1.165) is 57.5 Å². The van der Waals surface area contributed by atoms with Crippen molar-refractivity contribution >= 4 is 17.5 Å². The highest BCUT2D eigenvalue weighted by atomic mass is 16.2. The van der Waals surface area contributed by atoms with E-state index in [2.05, 4.69) is 11.9 Å². The van der Waals surface area contributed by atoms with Crippen molar-refractivity contribution in [2.24, 2.45) is 11.8 Å². The smallest absolute Gasteiger partial charge is 0.229 e. The maximum Gasteiger partial charge on any atom is 0.229 e. The van der Waals surface area contributed by atoms with Gasteiger partial charge >= 0.3 is 0 Å². The van der Waals surface area contributed by atoms with Crippen LogP contribution in [0.3, 0.4) is 0 Å². The standard InChI is InChI=1S/C20H29N3O2/c1-21-12-14-23(15-13-21)20(25)17-10-8-16(9-11-17)19(24)22(2)18-6-4-3-5-7-18/h3-7,16-17H,8-15H2,1-2H3. The molecule has 1 saturated carbocycles. The maximum absolute atomic E-state index is 12.7. The summed E-state index contributed by atoms with van der Waals surface area (Å²) in [7, 11) is 3.95. The molecule has 0 atom stereocenters. The molecule has 0 bridgehead atoms. The fraction of sp³-hybridized carbons (Fsp3) is 0.600. The summed E-state index contributed by atoms with van der Waals surface area (Å²) in [5.41, 5.74) is 0.933. The molecule has 0 spiro atoms. The predicted octanol–water partition coefficient (Wildman–Crippen LogP) is 2.23. The summed E-state index contributed by atoms with van der Waals surface area (Å²) in [5.74, 6) is 0.628. The second-order valence-electron chi connectivity index (χ2n) is 7.41. The monoisotopic (exact) mass is 343 g/mol. The van der Waals surface area contributed by atoms with E-state index in [1.165, 1.54) is 0 Å². The molecule has 0 N–H and O–H groups in total. The normalized spacial score (nSPS) is 24.8. The van der Waals surface area contributed by atoms with Crippen LogP contribution >= 0.6 is 0 Å². The van der Waals surface area contributed by atoms with Gasteiger partial charge in [0.15, 0.2) is 0 Å². The van der Waals surface area contributed by atoms with E-state index in [4.69, 9.17) is 0 Å². The SMILES string of the molecule is CN1CCN(C(=O)C2CCC(C(=O)N(C)c3ccccc3)CC2)CC1. The van der Waals surface area contributed by atoms with Crippen LogP contribution in [0, 0.1) is 11.8 Å². The summed E-state index contributed by atoms with van der Waals surface area (Å²) < 4.78 is 0. The van der Waals surface area contributed by atoms with Crippen LogP contribution in [0.2, 0.25) is 0 Å². The van der Waals surface area contributed by atoms with Crippen molar-refractivity contribution in [2.45, 2.75) is 25.7 Å². The number of rotatable bonds is 3. The van der Waals surface area contributed by atoms with Crippen molar-refractivity contribution in [2.75, 3.05) is 45.2 Å². The summed E-state index contributed by atoms with van der Waals surface area (Å²) in [6, 6.07) is 9.77. The van der Waals surface area contributed by atoms with Crippen LogP contribution in [-0.4, -0.2) is 61.9 Å². The molecular weight excluding hydrogens is 314 g/mol. The molecule has 0 aromatic heterocycles. The van der Waals surface area contributed by atoms with E-state index in [-0.39, 0.29) is 17.7 Å². The Morgan fingerprint density at radius 1 is 0.920 bits per heavy atom. The Morgan fingerprint density at radius 2 is 1.48 bits per heavy atom. The lowest BCUT2D eigenvalue weighted by atomic mass is 9.80. The lowest BCUT2D eigenvalue weighted by molar-refractivity contribution is -0.139. The van der Waals surface area contributed by atoms with Gasteiger partial charge in [-0.15, -0.1) is 0 Å². The molecule has 1 aliphatic heterocycles. The number of carbonyl (C=O) groups is 2. The van der Waals surface area contributed by atoms with Crippen molar-refractivity contribution in [3.05, 3.63) is 30.3 Å². The Morgan fingerprint density at radius 3 is 2.08 bits per heavy atom. The number of piperazine rings is 1. The summed E-state index contributed by atoms with van der Waals surface area (Å²) in [6.07, 6.45) is 3.31. The highest BCUT2D eigenvalue weighted by molar-refractivity contribution is 5.94. The Hall–Kier alpha value is -1.88. The van der Waals surface area contributed by atoms with Crippen molar-refractivity contribution < 1.29 is 9.59 Å². The van der Waals surface area contributed by atoms with Crippen LogP contribution < -0.4 is 4.90 Å². The quantitative estimate of drug-likeness (QED) is 0.845. The fourth-order valence-electron chi connectivity index (χ4n) is 3.93. The third-order valence-corrected chi connectivity index (χ3v) is 5.71. The number of anilines is 1. The fourth-order valence-corrected chi connectivity index (χ4v) is 3.93. The van der Waals surface area contributed by atoms with Crippen LogP contribution in [0.1, 0.15) is 25.7 Å². The van der Waals surface area contributed by atoms with Crippen LogP contribution in [0.25, 0.3) is 0 Å². The van der Waals surface area contributed by atoms with Gasteiger partial charge in [0.1, 0.15) is 0 Å². The topological polar surface area (TPSA) is 43.9 Å². The van der Waals surface area contributed by atoms with E-state index in [9.17, 15) is 9.59 Å². The zero-order valence-corrected chi connectivity index (χ0v) is 15.4. The summed E-state index contributed by atoms with van der Waals surface area (Å²) in [5, 5.41) is 0. The molecule has 3 rings (SSSR count). The Kier molecular flexibility index (Phi) is 5.74. The highest BCUT2D eigenvalue weighted by Crippen LogP contribution is 2.32. The minimum absolute atomic E-state index is 0.0433. The number of hydrogen-bond donors (Lipinski definition) is 0. The zero-order valence-electron chi connectivity index (χ0n) is 15.4. The first-order valence-electron chi connectivity index (χ1n) is 9.36. The number of hydrogen-bond acceptors (Lipinski definition) is 3. The van der Waals surface area contributed by atoms with Gasteiger partial charge < -0.3 is 14.7 Å². The van der Waals surface area contributed by atoms with Gasteiger partial charge in [0.05, 0.1) is 0 Å². The molecule has 2 aliphatic rings. The van der Waals surface area contributed by atoms with E-state index >= 15 is 0 Å². The summed E-state index contributed by atoms with van der Waals surface area (Å²) >= 11 is 0. The van der Waals surface area contributed by atoms with Gasteiger partial charge in [-0.3, -0.25) is 9.59 Å².